The first kappa shape index (κ1) is 13.4. The van der Waals surface area contributed by atoms with Crippen molar-refractivity contribution in [2.24, 2.45) is 0 Å². The van der Waals surface area contributed by atoms with Crippen molar-refractivity contribution >= 4 is 23.4 Å². The molecule has 0 saturated carbocycles. The highest BCUT2D eigenvalue weighted by Gasteiger charge is 2.21. The van der Waals surface area contributed by atoms with E-state index >= 15 is 0 Å². The van der Waals surface area contributed by atoms with Gasteiger partial charge in [0.15, 0.2) is 0 Å². The maximum atomic E-state index is 12.1. The minimum atomic E-state index is -0.251. The van der Waals surface area contributed by atoms with Crippen molar-refractivity contribution in [2.45, 2.75) is 17.9 Å². The van der Waals surface area contributed by atoms with Crippen molar-refractivity contribution < 1.29 is 9.53 Å². The van der Waals surface area contributed by atoms with Crippen molar-refractivity contribution in [3.63, 3.8) is 0 Å². The number of benzene rings is 1. The van der Waals surface area contributed by atoms with Gasteiger partial charge in [0.25, 0.3) is 0 Å². The summed E-state index contributed by atoms with van der Waals surface area (Å²) < 4.78 is 5.29. The van der Waals surface area contributed by atoms with Crippen LogP contribution in [0.1, 0.15) is 6.92 Å². The van der Waals surface area contributed by atoms with Crippen LogP contribution in [-0.2, 0) is 9.53 Å². The van der Waals surface area contributed by atoms with Crippen LogP contribution in [0.5, 0.6) is 0 Å². The van der Waals surface area contributed by atoms with Crippen LogP contribution in [0.15, 0.2) is 29.2 Å². The highest BCUT2D eigenvalue weighted by molar-refractivity contribution is 7.99. The van der Waals surface area contributed by atoms with Crippen LogP contribution < -0.4 is 10.6 Å². The van der Waals surface area contributed by atoms with Crippen molar-refractivity contribution in [1.29, 1.82) is 0 Å². The summed E-state index contributed by atoms with van der Waals surface area (Å²) in [5.74, 6) is 0.955. The number of thioether (sulfide) groups is 1. The highest BCUT2D eigenvalue weighted by Crippen LogP contribution is 2.26. The van der Waals surface area contributed by atoms with E-state index in [2.05, 4.69) is 17.6 Å². The highest BCUT2D eigenvalue weighted by atomic mass is 32.2. The van der Waals surface area contributed by atoms with Gasteiger partial charge in [-0.05, 0) is 17.9 Å². The Balaban J connectivity index is 2.01. The number of hydrogen-bond acceptors (Lipinski definition) is 4. The molecule has 1 unspecified atom stereocenters. The number of carbonyl (C=O) groups is 1. The van der Waals surface area contributed by atoms with E-state index < -0.39 is 0 Å². The lowest BCUT2D eigenvalue weighted by atomic mass is 10.2. The smallest absolute Gasteiger partial charge is 0.243 e. The third-order valence-electron chi connectivity index (χ3n) is 2.68. The van der Waals surface area contributed by atoms with E-state index in [0.29, 0.717) is 13.2 Å². The quantitative estimate of drug-likeness (QED) is 0.815. The Morgan fingerprint density at radius 1 is 1.56 bits per heavy atom. The number of ether oxygens (including phenoxy) is 1. The molecule has 0 radical (unpaired) electrons. The summed E-state index contributed by atoms with van der Waals surface area (Å²) in [6, 6.07) is 7.61. The second-order valence-corrected chi connectivity index (χ2v) is 5.31. The van der Waals surface area contributed by atoms with E-state index in [0.717, 1.165) is 22.9 Å². The van der Waals surface area contributed by atoms with Crippen molar-refractivity contribution in [3.05, 3.63) is 24.3 Å². The lowest BCUT2D eigenvalue weighted by Crippen LogP contribution is -2.48. The van der Waals surface area contributed by atoms with Gasteiger partial charge < -0.3 is 15.4 Å². The Bertz CT molecular complexity index is 406. The fourth-order valence-corrected chi connectivity index (χ4v) is 2.57. The zero-order valence-corrected chi connectivity index (χ0v) is 11.3. The molecule has 0 bridgehead atoms. The molecule has 0 spiro atoms. The van der Waals surface area contributed by atoms with Crippen LogP contribution in [0.2, 0.25) is 0 Å². The Kier molecular flexibility index (Phi) is 5.04. The van der Waals surface area contributed by atoms with Crippen molar-refractivity contribution in [2.75, 3.05) is 30.8 Å². The third kappa shape index (κ3) is 3.48. The molecule has 1 aliphatic heterocycles. The number of rotatable bonds is 4. The average Bonchev–Trinajstić information content (AvgIpc) is 2.42. The Labute approximate surface area is 111 Å². The first-order valence-corrected chi connectivity index (χ1v) is 7.13. The second kappa shape index (κ2) is 6.78. The molecule has 2 N–H and O–H groups in total. The van der Waals surface area contributed by atoms with Gasteiger partial charge in [-0.15, -0.1) is 11.8 Å². The predicted octanol–water partition coefficient (Wildman–Crippen LogP) is 1.73. The van der Waals surface area contributed by atoms with Crippen LogP contribution in [0.3, 0.4) is 0 Å². The van der Waals surface area contributed by atoms with Gasteiger partial charge in [0, 0.05) is 11.4 Å². The number of hydrogen-bond donors (Lipinski definition) is 2. The third-order valence-corrected chi connectivity index (χ3v) is 3.64. The van der Waals surface area contributed by atoms with Gasteiger partial charge in [-0.3, -0.25) is 4.79 Å². The molecule has 1 atom stereocenters. The molecule has 0 aliphatic carbocycles. The molecule has 1 aliphatic rings. The molecule has 1 aromatic rings. The molecular formula is C13H18N2O2S. The van der Waals surface area contributed by atoms with Crippen molar-refractivity contribution in [1.82, 2.24) is 5.32 Å². The zero-order chi connectivity index (χ0) is 12.8. The maximum Gasteiger partial charge on any atom is 0.243 e. The summed E-state index contributed by atoms with van der Waals surface area (Å²) in [7, 11) is 0. The summed E-state index contributed by atoms with van der Waals surface area (Å²) in [5.41, 5.74) is 0.877. The van der Waals surface area contributed by atoms with E-state index in [1.807, 2.05) is 24.3 Å². The van der Waals surface area contributed by atoms with E-state index in [-0.39, 0.29) is 11.9 Å². The Morgan fingerprint density at radius 3 is 3.11 bits per heavy atom. The molecule has 1 fully saturated rings. The van der Waals surface area contributed by atoms with Crippen LogP contribution >= 0.6 is 11.8 Å². The second-order valence-electron chi connectivity index (χ2n) is 4.00. The Morgan fingerprint density at radius 2 is 2.39 bits per heavy atom. The Hall–Kier alpha value is -1.04. The summed E-state index contributed by atoms with van der Waals surface area (Å²) >= 11 is 1.72. The molecule has 1 heterocycles. The summed E-state index contributed by atoms with van der Waals surface area (Å²) in [4.78, 5) is 13.2. The first-order valence-electron chi connectivity index (χ1n) is 6.15. The largest absolute Gasteiger partial charge is 0.378 e. The van der Waals surface area contributed by atoms with Gasteiger partial charge in [-0.2, -0.15) is 0 Å². The molecule has 2 rings (SSSR count). The lowest BCUT2D eigenvalue weighted by molar-refractivity contribution is -0.120. The van der Waals surface area contributed by atoms with Gasteiger partial charge in [0.2, 0.25) is 5.91 Å². The van der Waals surface area contributed by atoms with E-state index in [1.54, 1.807) is 11.8 Å². The molecule has 18 heavy (non-hydrogen) atoms. The molecule has 1 amide bonds. The minimum Gasteiger partial charge on any atom is -0.378 e. The van der Waals surface area contributed by atoms with E-state index in [9.17, 15) is 4.79 Å². The van der Waals surface area contributed by atoms with Crippen molar-refractivity contribution in [3.8, 4) is 0 Å². The average molecular weight is 266 g/mol. The number of amides is 1. The fourth-order valence-electron chi connectivity index (χ4n) is 1.80. The minimum absolute atomic E-state index is 0.0288. The van der Waals surface area contributed by atoms with Crippen LogP contribution in [0.25, 0.3) is 0 Å². The number of nitrogens with one attached hydrogen (secondary N) is 2. The molecule has 1 aromatic carbocycles. The monoisotopic (exact) mass is 266 g/mol. The van der Waals surface area contributed by atoms with Gasteiger partial charge in [-0.1, -0.05) is 19.1 Å². The van der Waals surface area contributed by atoms with Gasteiger partial charge in [0.05, 0.1) is 18.9 Å². The number of para-hydroxylation sites is 1. The van der Waals surface area contributed by atoms with Gasteiger partial charge in [-0.25, -0.2) is 0 Å². The van der Waals surface area contributed by atoms with E-state index in [4.69, 9.17) is 4.74 Å². The molecular weight excluding hydrogens is 248 g/mol. The molecule has 0 aromatic heterocycles. The fraction of sp³-hybridized carbons (Fsp3) is 0.462. The van der Waals surface area contributed by atoms with Crippen LogP contribution in [0, 0.1) is 0 Å². The maximum absolute atomic E-state index is 12.1. The topological polar surface area (TPSA) is 50.4 Å². The first-order chi connectivity index (χ1) is 8.81. The predicted molar refractivity (Wildman–Crippen MR) is 74.1 cm³/mol. The number of anilines is 1. The standard InChI is InChI=1S/C13H18N2O2S/c1-2-18-12-6-4-3-5-10(12)15-13(16)11-9-17-8-7-14-11/h3-6,11,14H,2,7-9H2,1H3,(H,15,16). The molecule has 1 saturated heterocycles. The molecule has 98 valence electrons. The number of morpholine rings is 1. The molecule has 5 heteroatoms. The summed E-state index contributed by atoms with van der Waals surface area (Å²) in [5, 5.41) is 6.11. The SMILES string of the molecule is CCSc1ccccc1NC(=O)C1COCCN1. The van der Waals surface area contributed by atoms with Crippen LogP contribution in [0.4, 0.5) is 5.69 Å². The van der Waals surface area contributed by atoms with Crippen LogP contribution in [-0.4, -0.2) is 37.5 Å². The van der Waals surface area contributed by atoms with Gasteiger partial charge in [0.1, 0.15) is 6.04 Å². The normalized spacial score (nSPS) is 19.5. The zero-order valence-electron chi connectivity index (χ0n) is 10.4. The molecule has 4 nitrogen and oxygen atoms in total. The lowest BCUT2D eigenvalue weighted by Gasteiger charge is -2.23. The number of carbonyl (C=O) groups excluding carboxylic acids is 1. The summed E-state index contributed by atoms with van der Waals surface area (Å²) in [6.45, 7) is 3.93. The van der Waals surface area contributed by atoms with E-state index in [1.165, 1.54) is 0 Å². The summed E-state index contributed by atoms with van der Waals surface area (Å²) in [6.07, 6.45) is 0. The van der Waals surface area contributed by atoms with Gasteiger partial charge >= 0.3 is 0 Å².